The van der Waals surface area contributed by atoms with Crippen LogP contribution in [0.5, 0.6) is 5.75 Å². The van der Waals surface area contributed by atoms with Crippen LogP contribution in [0.2, 0.25) is 0 Å². The molecule has 0 aromatic heterocycles. The molecule has 0 bridgehead atoms. The topological polar surface area (TPSA) is 67.4 Å². The summed E-state index contributed by atoms with van der Waals surface area (Å²) in [6.45, 7) is 4.50. The fraction of sp³-hybridized carbons (Fsp3) is 0.300. The van der Waals surface area contributed by atoms with Gasteiger partial charge in [-0.3, -0.25) is 20.4 Å². The van der Waals surface area contributed by atoms with Crippen LogP contribution in [0.1, 0.15) is 48.5 Å². The van der Waals surface area contributed by atoms with Crippen molar-refractivity contribution in [3.8, 4) is 5.75 Å². The van der Waals surface area contributed by atoms with Gasteiger partial charge in [-0.2, -0.15) is 0 Å². The molecule has 0 saturated carbocycles. The Bertz CT molecular complexity index is 684. The zero-order chi connectivity index (χ0) is 18.1. The third-order valence-corrected chi connectivity index (χ3v) is 3.82. The second-order valence-electron chi connectivity index (χ2n) is 5.65. The van der Waals surface area contributed by atoms with Crippen molar-refractivity contribution < 1.29 is 14.3 Å². The van der Waals surface area contributed by atoms with E-state index in [0.717, 1.165) is 18.4 Å². The first kappa shape index (κ1) is 18.5. The molecule has 0 heterocycles. The van der Waals surface area contributed by atoms with Crippen molar-refractivity contribution in [2.24, 2.45) is 0 Å². The van der Waals surface area contributed by atoms with Gasteiger partial charge in [0.2, 0.25) is 5.91 Å². The lowest BCUT2D eigenvalue weighted by Gasteiger charge is -2.17. The van der Waals surface area contributed by atoms with Crippen molar-refractivity contribution in [1.29, 1.82) is 0 Å². The number of amides is 2. The van der Waals surface area contributed by atoms with E-state index in [2.05, 4.69) is 10.9 Å². The van der Waals surface area contributed by atoms with Gasteiger partial charge in [0.05, 0.1) is 12.5 Å². The number of hydrogen-bond donors (Lipinski definition) is 2. The maximum absolute atomic E-state index is 12.5. The molecule has 2 amide bonds. The molecule has 0 aliphatic carbocycles. The molecule has 0 fully saturated rings. The monoisotopic (exact) mass is 340 g/mol. The average molecular weight is 340 g/mol. The van der Waals surface area contributed by atoms with Crippen molar-refractivity contribution in [2.45, 2.75) is 32.6 Å². The number of nitrogens with one attached hydrogen (secondary N) is 2. The van der Waals surface area contributed by atoms with Gasteiger partial charge in [0.1, 0.15) is 5.75 Å². The second-order valence-corrected chi connectivity index (χ2v) is 5.65. The maximum atomic E-state index is 12.5. The molecule has 25 heavy (non-hydrogen) atoms. The van der Waals surface area contributed by atoms with E-state index in [9.17, 15) is 9.59 Å². The Balaban J connectivity index is 1.96. The molecule has 0 aliphatic heterocycles. The Morgan fingerprint density at radius 1 is 0.960 bits per heavy atom. The van der Waals surface area contributed by atoms with Crippen LogP contribution < -0.4 is 15.6 Å². The normalized spacial score (nSPS) is 11.4. The molecule has 0 saturated heterocycles. The van der Waals surface area contributed by atoms with Crippen LogP contribution in [0, 0.1) is 0 Å². The molecule has 5 nitrogen and oxygen atoms in total. The Kier molecular flexibility index (Phi) is 7.01. The Morgan fingerprint density at radius 2 is 1.64 bits per heavy atom. The standard InChI is InChI=1S/C20H24N2O3/c1-3-8-18(15-9-6-5-7-10-15)20(24)22-21-19(23)16-11-13-17(14-12-16)25-4-2/h5-7,9-14,18H,3-4,8H2,1-2H3,(H,21,23)(H,22,24). The Labute approximate surface area is 148 Å². The van der Waals surface area contributed by atoms with E-state index in [0.29, 0.717) is 17.9 Å². The fourth-order valence-corrected chi connectivity index (χ4v) is 2.57. The van der Waals surface area contributed by atoms with E-state index in [-0.39, 0.29) is 17.7 Å². The van der Waals surface area contributed by atoms with Gasteiger partial charge >= 0.3 is 0 Å². The number of hydrazine groups is 1. The van der Waals surface area contributed by atoms with E-state index in [4.69, 9.17) is 4.74 Å². The van der Waals surface area contributed by atoms with Crippen LogP contribution in [0.15, 0.2) is 54.6 Å². The summed E-state index contributed by atoms with van der Waals surface area (Å²) >= 11 is 0. The molecule has 5 heteroatoms. The van der Waals surface area contributed by atoms with Gasteiger partial charge in [-0.15, -0.1) is 0 Å². The number of rotatable bonds is 7. The predicted octanol–water partition coefficient (Wildman–Crippen LogP) is 3.43. The highest BCUT2D eigenvalue weighted by molar-refractivity contribution is 5.96. The number of ether oxygens (including phenoxy) is 1. The summed E-state index contributed by atoms with van der Waals surface area (Å²) in [7, 11) is 0. The second kappa shape index (κ2) is 9.47. The van der Waals surface area contributed by atoms with Crippen molar-refractivity contribution in [1.82, 2.24) is 10.9 Å². The molecule has 0 aliphatic rings. The molecular weight excluding hydrogens is 316 g/mol. The number of carbonyl (C=O) groups is 2. The Hall–Kier alpha value is -2.82. The van der Waals surface area contributed by atoms with Gasteiger partial charge in [-0.1, -0.05) is 43.7 Å². The van der Waals surface area contributed by atoms with Crippen LogP contribution in [0.4, 0.5) is 0 Å². The predicted molar refractivity (Wildman–Crippen MR) is 97.3 cm³/mol. The van der Waals surface area contributed by atoms with Crippen LogP contribution in [-0.2, 0) is 4.79 Å². The minimum Gasteiger partial charge on any atom is -0.494 e. The molecule has 2 aromatic carbocycles. The zero-order valence-corrected chi connectivity index (χ0v) is 14.6. The van der Waals surface area contributed by atoms with Gasteiger partial charge in [0.15, 0.2) is 0 Å². The van der Waals surface area contributed by atoms with Crippen LogP contribution in [0.25, 0.3) is 0 Å². The minimum absolute atomic E-state index is 0.215. The lowest BCUT2D eigenvalue weighted by Crippen LogP contribution is -2.44. The average Bonchev–Trinajstić information content (AvgIpc) is 2.65. The van der Waals surface area contributed by atoms with Crippen LogP contribution >= 0.6 is 0 Å². The van der Waals surface area contributed by atoms with E-state index >= 15 is 0 Å². The molecule has 1 atom stereocenters. The minimum atomic E-state index is -0.361. The molecule has 2 rings (SSSR count). The quantitative estimate of drug-likeness (QED) is 0.759. The summed E-state index contributed by atoms with van der Waals surface area (Å²) in [5.74, 6) is -0.158. The number of carbonyl (C=O) groups excluding carboxylic acids is 2. The van der Waals surface area contributed by atoms with Crippen molar-refractivity contribution in [3.63, 3.8) is 0 Å². The lowest BCUT2D eigenvalue weighted by molar-refractivity contribution is -0.123. The highest BCUT2D eigenvalue weighted by Gasteiger charge is 2.20. The van der Waals surface area contributed by atoms with E-state index in [1.807, 2.05) is 44.2 Å². The highest BCUT2D eigenvalue weighted by Crippen LogP contribution is 2.21. The van der Waals surface area contributed by atoms with Crippen molar-refractivity contribution in [3.05, 3.63) is 65.7 Å². The Morgan fingerprint density at radius 3 is 2.24 bits per heavy atom. The van der Waals surface area contributed by atoms with Crippen LogP contribution in [0.3, 0.4) is 0 Å². The SMILES string of the molecule is CCCC(C(=O)NNC(=O)c1ccc(OCC)cc1)c1ccccc1. The van der Waals surface area contributed by atoms with E-state index in [1.165, 1.54) is 0 Å². The maximum Gasteiger partial charge on any atom is 0.269 e. The third kappa shape index (κ3) is 5.35. The van der Waals surface area contributed by atoms with Gasteiger partial charge in [-0.05, 0) is 43.2 Å². The first-order valence-corrected chi connectivity index (χ1v) is 8.53. The molecule has 1 unspecified atom stereocenters. The van der Waals surface area contributed by atoms with Crippen LogP contribution in [-0.4, -0.2) is 18.4 Å². The first-order valence-electron chi connectivity index (χ1n) is 8.53. The van der Waals surface area contributed by atoms with Gasteiger partial charge < -0.3 is 4.74 Å². The zero-order valence-electron chi connectivity index (χ0n) is 14.6. The smallest absolute Gasteiger partial charge is 0.269 e. The van der Waals surface area contributed by atoms with Gasteiger partial charge in [0.25, 0.3) is 5.91 Å². The molecule has 0 spiro atoms. The first-order chi connectivity index (χ1) is 12.2. The summed E-state index contributed by atoms with van der Waals surface area (Å²) in [5, 5.41) is 0. The van der Waals surface area contributed by atoms with Gasteiger partial charge in [-0.25, -0.2) is 0 Å². The molecule has 2 aromatic rings. The van der Waals surface area contributed by atoms with E-state index < -0.39 is 0 Å². The summed E-state index contributed by atoms with van der Waals surface area (Å²) < 4.78 is 5.34. The molecule has 2 N–H and O–H groups in total. The molecule has 132 valence electrons. The number of benzene rings is 2. The third-order valence-electron chi connectivity index (χ3n) is 3.82. The largest absolute Gasteiger partial charge is 0.494 e. The highest BCUT2D eigenvalue weighted by atomic mass is 16.5. The van der Waals surface area contributed by atoms with Gasteiger partial charge in [0, 0.05) is 5.56 Å². The van der Waals surface area contributed by atoms with Crippen molar-refractivity contribution >= 4 is 11.8 Å². The molecular formula is C20H24N2O3. The summed E-state index contributed by atoms with van der Waals surface area (Å²) in [5.41, 5.74) is 6.41. The fourth-order valence-electron chi connectivity index (χ4n) is 2.57. The molecule has 0 radical (unpaired) electrons. The van der Waals surface area contributed by atoms with E-state index in [1.54, 1.807) is 24.3 Å². The summed E-state index contributed by atoms with van der Waals surface area (Å²) in [6.07, 6.45) is 1.59. The summed E-state index contributed by atoms with van der Waals surface area (Å²) in [6, 6.07) is 16.3. The van der Waals surface area contributed by atoms with Crippen molar-refractivity contribution in [2.75, 3.05) is 6.61 Å². The summed E-state index contributed by atoms with van der Waals surface area (Å²) in [4.78, 5) is 24.6. The lowest BCUT2D eigenvalue weighted by atomic mass is 9.94. The number of hydrogen-bond acceptors (Lipinski definition) is 3.